The van der Waals surface area contributed by atoms with Crippen LogP contribution in [0.25, 0.3) is 6.08 Å². The molecule has 1 aliphatic carbocycles. The summed E-state index contributed by atoms with van der Waals surface area (Å²) in [6, 6.07) is 7.50. The van der Waals surface area contributed by atoms with E-state index in [2.05, 4.69) is 4.98 Å². The number of aromatic nitrogens is 1. The molecule has 3 rings (SSSR count). The molecule has 1 aliphatic rings. The summed E-state index contributed by atoms with van der Waals surface area (Å²) in [6.07, 6.45) is 3.50. The van der Waals surface area contributed by atoms with Crippen molar-refractivity contribution in [1.82, 2.24) is 4.98 Å². The van der Waals surface area contributed by atoms with Crippen molar-refractivity contribution in [3.63, 3.8) is 0 Å². The summed E-state index contributed by atoms with van der Waals surface area (Å²) in [5.74, 6) is -0.828. The highest BCUT2D eigenvalue weighted by atomic mass is 35.5. The number of rotatable bonds is 2. The molecule has 4 heteroatoms. The number of carbonyl (C=O) groups excluding carboxylic acids is 2. The van der Waals surface area contributed by atoms with E-state index in [-0.39, 0.29) is 18.0 Å². The molecule has 0 saturated heterocycles. The monoisotopic (exact) mass is 339 g/mol. The number of hydrogen-bond acceptors (Lipinski definition) is 3. The minimum atomic E-state index is -0.683. The number of carbonyl (C=O) groups is 2. The van der Waals surface area contributed by atoms with Crippen LogP contribution >= 0.6 is 11.6 Å². The topological polar surface area (TPSA) is 47.0 Å². The van der Waals surface area contributed by atoms with Gasteiger partial charge in [-0.1, -0.05) is 35.4 Å². The second-order valence-corrected chi connectivity index (χ2v) is 6.72. The molecule has 3 nitrogen and oxygen atoms in total. The lowest BCUT2D eigenvalue weighted by molar-refractivity contribution is -0.123. The Morgan fingerprint density at radius 2 is 1.79 bits per heavy atom. The quantitative estimate of drug-likeness (QED) is 0.463. The second-order valence-electron chi connectivity index (χ2n) is 6.34. The van der Waals surface area contributed by atoms with Crippen LogP contribution in [0, 0.1) is 20.8 Å². The van der Waals surface area contributed by atoms with Crippen LogP contribution in [0.3, 0.4) is 0 Å². The predicted molar refractivity (Wildman–Crippen MR) is 95.2 cm³/mol. The number of allylic oxidation sites excluding steroid dienone is 1. The summed E-state index contributed by atoms with van der Waals surface area (Å²) in [4.78, 5) is 29.4. The van der Waals surface area contributed by atoms with Crippen molar-refractivity contribution in [2.45, 2.75) is 33.1 Å². The zero-order chi connectivity index (χ0) is 17.4. The summed E-state index contributed by atoms with van der Waals surface area (Å²) in [7, 11) is 0. The van der Waals surface area contributed by atoms with Crippen molar-refractivity contribution in [1.29, 1.82) is 0 Å². The number of benzene rings is 1. The van der Waals surface area contributed by atoms with Crippen molar-refractivity contribution >= 4 is 29.2 Å². The van der Waals surface area contributed by atoms with E-state index in [0.717, 1.165) is 27.8 Å². The number of Topliss-reactive ketones (excluding diaryl/α,β-unsaturated/α-hetero) is 2. The van der Waals surface area contributed by atoms with Gasteiger partial charge in [0.05, 0.1) is 0 Å². The molecular weight excluding hydrogens is 322 g/mol. The highest BCUT2D eigenvalue weighted by Gasteiger charge is 2.39. The Balaban J connectivity index is 2.00. The van der Waals surface area contributed by atoms with Crippen LogP contribution in [0.1, 0.15) is 40.2 Å². The van der Waals surface area contributed by atoms with E-state index in [1.54, 1.807) is 24.4 Å². The fraction of sp³-hybridized carbons (Fsp3) is 0.250. The van der Waals surface area contributed by atoms with Crippen molar-refractivity contribution in [2.75, 3.05) is 0 Å². The Morgan fingerprint density at radius 1 is 1.12 bits per heavy atom. The molecule has 1 aromatic carbocycles. The van der Waals surface area contributed by atoms with Gasteiger partial charge in [0, 0.05) is 18.2 Å². The Kier molecular flexibility index (Phi) is 4.37. The van der Waals surface area contributed by atoms with Crippen molar-refractivity contribution in [2.24, 2.45) is 0 Å². The molecule has 0 amide bonds. The predicted octanol–water partition coefficient (Wildman–Crippen LogP) is 4.37. The summed E-state index contributed by atoms with van der Waals surface area (Å²) in [5.41, 5.74) is 5.28. The molecule has 122 valence electrons. The Morgan fingerprint density at radius 3 is 2.38 bits per heavy atom. The molecule has 0 bridgehead atoms. The number of ketones is 2. The first-order chi connectivity index (χ1) is 11.4. The third kappa shape index (κ3) is 3.04. The first-order valence-corrected chi connectivity index (χ1v) is 8.21. The van der Waals surface area contributed by atoms with Gasteiger partial charge in [0.15, 0.2) is 11.6 Å². The van der Waals surface area contributed by atoms with Crippen LogP contribution in [0.4, 0.5) is 0 Å². The van der Waals surface area contributed by atoms with E-state index < -0.39 is 5.92 Å². The first-order valence-electron chi connectivity index (χ1n) is 7.83. The van der Waals surface area contributed by atoms with E-state index >= 15 is 0 Å². The summed E-state index contributed by atoms with van der Waals surface area (Å²) < 4.78 is 0. The second kappa shape index (κ2) is 6.33. The third-order valence-corrected chi connectivity index (χ3v) is 4.61. The number of halogens is 1. The molecule has 1 saturated carbocycles. The lowest BCUT2D eigenvalue weighted by Crippen LogP contribution is -2.15. The molecule has 1 atom stereocenters. The third-order valence-electron chi connectivity index (χ3n) is 4.38. The minimum absolute atomic E-state index is 0.0387. The van der Waals surface area contributed by atoms with E-state index in [0.29, 0.717) is 10.7 Å². The molecule has 1 heterocycles. The highest BCUT2D eigenvalue weighted by Crippen LogP contribution is 2.36. The lowest BCUT2D eigenvalue weighted by Gasteiger charge is -2.15. The van der Waals surface area contributed by atoms with Crippen LogP contribution in [0.2, 0.25) is 5.15 Å². The maximum atomic E-state index is 12.8. The molecule has 1 aromatic heterocycles. The molecule has 1 fully saturated rings. The van der Waals surface area contributed by atoms with Gasteiger partial charge in [-0.15, -0.1) is 0 Å². The number of hydrogen-bond donors (Lipinski definition) is 0. The maximum absolute atomic E-state index is 12.8. The number of pyridine rings is 1. The van der Waals surface area contributed by atoms with Crippen molar-refractivity contribution in [3.8, 4) is 0 Å². The normalized spacial score (nSPS) is 19.3. The summed E-state index contributed by atoms with van der Waals surface area (Å²) in [6.45, 7) is 5.93. The number of aryl methyl sites for hydroxylation is 3. The number of nitrogens with zero attached hydrogens (tertiary/aromatic N) is 1. The van der Waals surface area contributed by atoms with Crippen LogP contribution in [0.5, 0.6) is 0 Å². The molecule has 0 radical (unpaired) electrons. The maximum Gasteiger partial charge on any atom is 0.174 e. The SMILES string of the molecule is Cc1cc(C)c(C2C(=O)CC(=Cc3ccc(Cl)nc3)C2=O)c(C)c1. The largest absolute Gasteiger partial charge is 0.298 e. The average molecular weight is 340 g/mol. The zero-order valence-corrected chi connectivity index (χ0v) is 14.6. The van der Waals surface area contributed by atoms with Gasteiger partial charge in [-0.3, -0.25) is 9.59 Å². The Bertz CT molecular complexity index is 843. The van der Waals surface area contributed by atoms with E-state index in [1.807, 2.05) is 32.9 Å². The van der Waals surface area contributed by atoms with Crippen molar-refractivity contribution < 1.29 is 9.59 Å². The summed E-state index contributed by atoms with van der Waals surface area (Å²) >= 11 is 5.78. The minimum Gasteiger partial charge on any atom is -0.298 e. The van der Waals surface area contributed by atoms with Gasteiger partial charge in [-0.05, 0) is 55.2 Å². The van der Waals surface area contributed by atoms with Crippen molar-refractivity contribution in [3.05, 3.63) is 69.0 Å². The lowest BCUT2D eigenvalue weighted by atomic mass is 9.87. The highest BCUT2D eigenvalue weighted by molar-refractivity contribution is 6.29. The van der Waals surface area contributed by atoms with Gasteiger partial charge in [0.1, 0.15) is 11.1 Å². The molecule has 24 heavy (non-hydrogen) atoms. The van der Waals surface area contributed by atoms with Gasteiger partial charge in [-0.25, -0.2) is 4.98 Å². The molecule has 0 spiro atoms. The summed E-state index contributed by atoms with van der Waals surface area (Å²) in [5, 5.41) is 0.398. The van der Waals surface area contributed by atoms with Crippen LogP contribution in [-0.4, -0.2) is 16.6 Å². The fourth-order valence-electron chi connectivity index (χ4n) is 3.44. The molecule has 0 N–H and O–H groups in total. The van der Waals surface area contributed by atoms with Gasteiger partial charge in [-0.2, -0.15) is 0 Å². The van der Waals surface area contributed by atoms with Gasteiger partial charge < -0.3 is 0 Å². The fourth-order valence-corrected chi connectivity index (χ4v) is 3.55. The van der Waals surface area contributed by atoms with Crippen LogP contribution < -0.4 is 0 Å². The van der Waals surface area contributed by atoms with Gasteiger partial charge in [0.25, 0.3) is 0 Å². The average Bonchev–Trinajstić information content (AvgIpc) is 2.76. The van der Waals surface area contributed by atoms with Crippen LogP contribution in [0.15, 0.2) is 36.0 Å². The standard InChI is InChI=1S/C20H18ClNO2/c1-11-6-12(2)18(13(3)7-11)19-16(23)9-15(20(19)24)8-14-4-5-17(21)22-10-14/h4-8,10,19H,9H2,1-3H3. The smallest absolute Gasteiger partial charge is 0.174 e. The zero-order valence-electron chi connectivity index (χ0n) is 13.9. The van der Waals surface area contributed by atoms with Gasteiger partial charge in [0.2, 0.25) is 0 Å². The van der Waals surface area contributed by atoms with E-state index in [1.165, 1.54) is 0 Å². The van der Waals surface area contributed by atoms with Gasteiger partial charge >= 0.3 is 0 Å². The molecule has 0 aliphatic heterocycles. The Hall–Kier alpha value is -2.26. The molecular formula is C20H18ClNO2. The first kappa shape index (κ1) is 16.6. The molecule has 2 aromatic rings. The van der Waals surface area contributed by atoms with E-state index in [4.69, 9.17) is 11.6 Å². The van der Waals surface area contributed by atoms with Crippen LogP contribution in [-0.2, 0) is 9.59 Å². The molecule has 1 unspecified atom stereocenters. The van der Waals surface area contributed by atoms with E-state index in [9.17, 15) is 9.59 Å². The Labute approximate surface area is 146 Å².